The van der Waals surface area contributed by atoms with E-state index in [1.165, 1.54) is 24.3 Å². The number of aromatic amines is 1. The maximum Gasteiger partial charge on any atom is 0.435 e. The minimum atomic E-state index is -0.663. The highest BCUT2D eigenvalue weighted by molar-refractivity contribution is 5.91. The fourth-order valence-corrected chi connectivity index (χ4v) is 3.06. The van der Waals surface area contributed by atoms with E-state index in [-0.39, 0.29) is 11.4 Å². The summed E-state index contributed by atoms with van der Waals surface area (Å²) in [5.41, 5.74) is 1.84. The van der Waals surface area contributed by atoms with E-state index in [0.29, 0.717) is 22.1 Å². The Morgan fingerprint density at radius 3 is 2.15 bits per heavy atom. The molecule has 1 N–H and O–H groups in total. The van der Waals surface area contributed by atoms with Crippen molar-refractivity contribution >= 4 is 39.3 Å². The van der Waals surface area contributed by atoms with Gasteiger partial charge in [-0.05, 0) is 46.8 Å². The van der Waals surface area contributed by atoms with Gasteiger partial charge in [-0.25, -0.2) is 4.79 Å². The monoisotopic (exact) mass is 454 g/mol. The first-order valence-corrected chi connectivity index (χ1v) is 9.83. The van der Waals surface area contributed by atoms with Crippen molar-refractivity contribution in [1.29, 1.82) is 0 Å². The van der Waals surface area contributed by atoms with Crippen molar-refractivity contribution in [3.05, 3.63) is 68.0 Å². The minimum Gasteiger partial charge on any atom is -0.442 e. The summed E-state index contributed by atoms with van der Waals surface area (Å²) in [7, 11) is 0. The van der Waals surface area contributed by atoms with Gasteiger partial charge in [-0.3, -0.25) is 25.3 Å². The fraction of sp³-hybridized carbons (Fsp3) is 0.286. The molecule has 2 aromatic carbocycles. The van der Waals surface area contributed by atoms with Crippen molar-refractivity contribution in [2.75, 3.05) is 0 Å². The average molecular weight is 454 g/mol. The second-order valence-electron chi connectivity index (χ2n) is 8.24. The summed E-state index contributed by atoms with van der Waals surface area (Å²) >= 11 is 0. The highest BCUT2D eigenvalue weighted by Gasteiger charge is 2.22. The van der Waals surface area contributed by atoms with Gasteiger partial charge in [0.2, 0.25) is 0 Å². The molecule has 172 valence electrons. The number of ether oxygens (including phenoxy) is 1. The van der Waals surface area contributed by atoms with Gasteiger partial charge >= 0.3 is 6.09 Å². The summed E-state index contributed by atoms with van der Waals surface area (Å²) < 4.78 is 6.30. The van der Waals surface area contributed by atoms with Gasteiger partial charge in [0.15, 0.2) is 0 Å². The number of rotatable bonds is 2. The Morgan fingerprint density at radius 1 is 1.00 bits per heavy atom. The third-order valence-electron chi connectivity index (χ3n) is 4.57. The standard InChI is InChI=1S/C13H15N3O4.C8H7N3O2/c1-8-10-6-5-9(16(18)19)7-11(10)15(14-8)12(17)20-13(2,3)4;1-5-7-3-2-6(11(12)13)4-8(7)10-9-5/h5-7H,1-4H3;2-4H,1H3,(H,9,10). The summed E-state index contributed by atoms with van der Waals surface area (Å²) in [4.78, 5) is 32.4. The third-order valence-corrected chi connectivity index (χ3v) is 4.57. The predicted molar refractivity (Wildman–Crippen MR) is 120 cm³/mol. The fourth-order valence-electron chi connectivity index (χ4n) is 3.06. The first-order chi connectivity index (χ1) is 15.4. The topological polar surface area (TPSA) is 159 Å². The number of nitrogens with one attached hydrogen (secondary N) is 1. The van der Waals surface area contributed by atoms with E-state index in [2.05, 4.69) is 15.3 Å². The lowest BCUT2D eigenvalue weighted by molar-refractivity contribution is -0.384. The zero-order valence-electron chi connectivity index (χ0n) is 18.6. The van der Waals surface area contributed by atoms with Crippen LogP contribution >= 0.6 is 0 Å². The summed E-state index contributed by atoms with van der Waals surface area (Å²) in [6.07, 6.45) is -0.656. The van der Waals surface area contributed by atoms with Gasteiger partial charge in [0, 0.05) is 40.7 Å². The van der Waals surface area contributed by atoms with E-state index in [4.69, 9.17) is 4.74 Å². The van der Waals surface area contributed by atoms with Crippen LogP contribution in [0.5, 0.6) is 0 Å². The number of nitro benzene ring substituents is 2. The van der Waals surface area contributed by atoms with Crippen LogP contribution in [0.1, 0.15) is 32.2 Å². The van der Waals surface area contributed by atoms with Crippen LogP contribution in [0, 0.1) is 34.1 Å². The van der Waals surface area contributed by atoms with Crippen molar-refractivity contribution in [2.24, 2.45) is 0 Å². The molecule has 0 spiro atoms. The molecule has 0 radical (unpaired) electrons. The lowest BCUT2D eigenvalue weighted by Crippen LogP contribution is -2.27. The quantitative estimate of drug-likeness (QED) is 0.333. The number of hydrogen-bond donors (Lipinski definition) is 1. The van der Waals surface area contributed by atoms with Crippen LogP contribution in [0.25, 0.3) is 21.8 Å². The second-order valence-corrected chi connectivity index (χ2v) is 8.24. The molecule has 12 nitrogen and oxygen atoms in total. The molecular weight excluding hydrogens is 432 g/mol. The van der Waals surface area contributed by atoms with Crippen LogP contribution in [0.2, 0.25) is 0 Å². The first-order valence-electron chi connectivity index (χ1n) is 9.83. The zero-order valence-corrected chi connectivity index (χ0v) is 18.6. The van der Waals surface area contributed by atoms with Crippen molar-refractivity contribution < 1.29 is 19.4 Å². The van der Waals surface area contributed by atoms with Gasteiger partial charge in [-0.15, -0.1) is 0 Å². The molecule has 2 aromatic heterocycles. The van der Waals surface area contributed by atoms with E-state index >= 15 is 0 Å². The second kappa shape index (κ2) is 8.65. The van der Waals surface area contributed by atoms with Crippen LogP contribution < -0.4 is 0 Å². The maximum atomic E-state index is 12.1. The van der Waals surface area contributed by atoms with Gasteiger partial charge in [-0.1, -0.05) is 0 Å². The lowest BCUT2D eigenvalue weighted by atomic mass is 10.2. The van der Waals surface area contributed by atoms with Gasteiger partial charge in [0.05, 0.1) is 26.6 Å². The molecule has 0 atom stereocenters. The van der Waals surface area contributed by atoms with E-state index in [1.807, 2.05) is 6.92 Å². The molecule has 0 saturated heterocycles. The molecule has 4 aromatic rings. The molecule has 0 fully saturated rings. The Bertz CT molecular complexity index is 1380. The van der Waals surface area contributed by atoms with Crippen LogP contribution in [0.3, 0.4) is 0 Å². The molecule has 0 saturated carbocycles. The van der Waals surface area contributed by atoms with E-state index < -0.39 is 21.5 Å². The minimum absolute atomic E-state index is 0.0685. The smallest absolute Gasteiger partial charge is 0.435 e. The Morgan fingerprint density at radius 2 is 1.58 bits per heavy atom. The number of hydrogen-bond acceptors (Lipinski definition) is 8. The number of non-ortho nitro benzene ring substituents is 2. The molecule has 0 aliphatic heterocycles. The SMILES string of the molecule is Cc1[nH]nc2cc([N+](=O)[O-])ccc12.Cc1nn(C(=O)OC(C)(C)C)c2cc([N+](=O)[O-])ccc12. The number of carbonyl (C=O) groups excluding carboxylic acids is 1. The van der Waals surface area contributed by atoms with Crippen molar-refractivity contribution in [3.8, 4) is 0 Å². The molecule has 4 rings (SSSR count). The summed E-state index contributed by atoms with van der Waals surface area (Å²) in [6.45, 7) is 8.83. The highest BCUT2D eigenvalue weighted by atomic mass is 16.6. The highest BCUT2D eigenvalue weighted by Crippen LogP contribution is 2.24. The lowest BCUT2D eigenvalue weighted by Gasteiger charge is -2.19. The van der Waals surface area contributed by atoms with Crippen molar-refractivity contribution in [3.63, 3.8) is 0 Å². The Balaban J connectivity index is 0.000000203. The molecule has 33 heavy (non-hydrogen) atoms. The van der Waals surface area contributed by atoms with Gasteiger partial charge in [0.1, 0.15) is 5.60 Å². The summed E-state index contributed by atoms with van der Waals surface area (Å²) in [5.74, 6) is 0. The Kier molecular flexibility index (Phi) is 6.11. The maximum absolute atomic E-state index is 12.1. The molecule has 0 aliphatic carbocycles. The largest absolute Gasteiger partial charge is 0.442 e. The van der Waals surface area contributed by atoms with Crippen molar-refractivity contribution in [1.82, 2.24) is 20.0 Å². The van der Waals surface area contributed by atoms with Crippen LogP contribution in [0.4, 0.5) is 16.2 Å². The number of aromatic nitrogens is 4. The van der Waals surface area contributed by atoms with Gasteiger partial charge < -0.3 is 4.74 Å². The van der Waals surface area contributed by atoms with E-state index in [0.717, 1.165) is 15.8 Å². The number of aryl methyl sites for hydroxylation is 2. The van der Waals surface area contributed by atoms with Crippen LogP contribution in [-0.2, 0) is 4.74 Å². The van der Waals surface area contributed by atoms with E-state index in [9.17, 15) is 25.0 Å². The van der Waals surface area contributed by atoms with Crippen LogP contribution in [-0.4, -0.2) is 41.5 Å². The Hall–Kier alpha value is -4.35. The molecule has 2 heterocycles. The zero-order chi connectivity index (χ0) is 24.5. The van der Waals surface area contributed by atoms with Gasteiger partial charge in [-0.2, -0.15) is 14.9 Å². The summed E-state index contributed by atoms with van der Waals surface area (Å²) in [6, 6.07) is 8.92. The number of carbonyl (C=O) groups is 1. The third kappa shape index (κ3) is 5.11. The van der Waals surface area contributed by atoms with Crippen LogP contribution in [0.15, 0.2) is 36.4 Å². The molecule has 0 unspecified atom stereocenters. The molecule has 0 amide bonds. The summed E-state index contributed by atoms with van der Waals surface area (Å²) in [5, 5.41) is 33.6. The normalized spacial score (nSPS) is 11.2. The number of H-pyrrole nitrogens is 1. The van der Waals surface area contributed by atoms with Crippen molar-refractivity contribution in [2.45, 2.75) is 40.2 Å². The molecule has 12 heteroatoms. The number of benzene rings is 2. The first kappa shape index (κ1) is 23.3. The predicted octanol–water partition coefficient (Wildman–Crippen LogP) is 4.82. The average Bonchev–Trinajstić information content (AvgIpc) is 3.26. The van der Waals surface area contributed by atoms with E-state index in [1.54, 1.807) is 39.8 Å². The number of nitrogens with zero attached hydrogens (tertiary/aromatic N) is 5. The molecular formula is C21H22N6O6. The number of nitro groups is 2. The molecule has 0 bridgehead atoms. The number of fused-ring (bicyclic) bond motifs is 2. The van der Waals surface area contributed by atoms with Gasteiger partial charge in [0.25, 0.3) is 11.4 Å². The molecule has 0 aliphatic rings. The Labute approximate surface area is 187 Å².